The lowest BCUT2D eigenvalue weighted by Gasteiger charge is -2.33. The molecule has 0 radical (unpaired) electrons. The van der Waals surface area contributed by atoms with Gasteiger partial charge in [0.05, 0.1) is 5.60 Å². The van der Waals surface area contributed by atoms with E-state index in [4.69, 9.17) is 4.74 Å². The Labute approximate surface area is 90.6 Å². The third-order valence-corrected chi connectivity index (χ3v) is 2.69. The van der Waals surface area contributed by atoms with Gasteiger partial charge in [0, 0.05) is 6.04 Å². The SMILES string of the molecule is CN1CCCC1[C@@H](OC(C)(C)C)C(F)F. The Kier molecular flexibility index (Phi) is 4.06. The first-order valence-corrected chi connectivity index (χ1v) is 5.47. The van der Waals surface area contributed by atoms with Gasteiger partial charge in [-0.25, -0.2) is 8.78 Å². The zero-order valence-corrected chi connectivity index (χ0v) is 9.96. The summed E-state index contributed by atoms with van der Waals surface area (Å²) in [6.45, 7) is 6.34. The molecule has 90 valence electrons. The lowest BCUT2D eigenvalue weighted by atomic mass is 10.1. The van der Waals surface area contributed by atoms with Crippen molar-refractivity contribution >= 4 is 0 Å². The van der Waals surface area contributed by atoms with Gasteiger partial charge in [-0.05, 0) is 47.2 Å². The van der Waals surface area contributed by atoms with Gasteiger partial charge in [-0.1, -0.05) is 0 Å². The number of hydrogen-bond donors (Lipinski definition) is 0. The third kappa shape index (κ3) is 3.68. The van der Waals surface area contributed by atoms with Crippen LogP contribution in [0.2, 0.25) is 0 Å². The summed E-state index contributed by atoms with van der Waals surface area (Å²) in [6, 6.07) is -0.135. The second-order valence-electron chi connectivity index (χ2n) is 5.22. The van der Waals surface area contributed by atoms with Crippen molar-refractivity contribution in [1.29, 1.82) is 0 Å². The Morgan fingerprint density at radius 2 is 1.93 bits per heavy atom. The Morgan fingerprint density at radius 3 is 2.27 bits per heavy atom. The molecule has 2 nitrogen and oxygen atoms in total. The van der Waals surface area contributed by atoms with Crippen LogP contribution in [0.25, 0.3) is 0 Å². The molecule has 2 atom stereocenters. The minimum atomic E-state index is -2.41. The second-order valence-corrected chi connectivity index (χ2v) is 5.22. The lowest BCUT2D eigenvalue weighted by molar-refractivity contribution is -0.146. The van der Waals surface area contributed by atoms with Gasteiger partial charge in [0.25, 0.3) is 6.43 Å². The van der Waals surface area contributed by atoms with Crippen LogP contribution in [0.15, 0.2) is 0 Å². The van der Waals surface area contributed by atoms with E-state index >= 15 is 0 Å². The number of likely N-dealkylation sites (N-methyl/N-ethyl adjacent to an activating group) is 1. The summed E-state index contributed by atoms with van der Waals surface area (Å²) in [4.78, 5) is 1.97. The fourth-order valence-corrected chi connectivity index (χ4v) is 2.06. The second kappa shape index (κ2) is 4.74. The predicted octanol–water partition coefficient (Wildman–Crippen LogP) is 2.53. The van der Waals surface area contributed by atoms with Crippen LogP contribution in [-0.2, 0) is 4.74 Å². The molecule has 0 aromatic carbocycles. The summed E-state index contributed by atoms with van der Waals surface area (Å²) in [6.07, 6.45) is -1.58. The minimum absolute atomic E-state index is 0.135. The average molecular weight is 221 g/mol. The highest BCUT2D eigenvalue weighted by molar-refractivity contribution is 4.86. The molecular formula is C11H21F2NO. The van der Waals surface area contributed by atoms with Gasteiger partial charge in [-0.15, -0.1) is 0 Å². The monoisotopic (exact) mass is 221 g/mol. The van der Waals surface area contributed by atoms with Gasteiger partial charge in [0.1, 0.15) is 6.10 Å². The van der Waals surface area contributed by atoms with Crippen LogP contribution < -0.4 is 0 Å². The van der Waals surface area contributed by atoms with Crippen LogP contribution in [-0.4, -0.2) is 42.7 Å². The average Bonchev–Trinajstić information content (AvgIpc) is 2.45. The van der Waals surface area contributed by atoms with Crippen molar-refractivity contribution < 1.29 is 13.5 Å². The maximum absolute atomic E-state index is 12.9. The lowest BCUT2D eigenvalue weighted by Crippen LogP contribution is -2.46. The van der Waals surface area contributed by atoms with Crippen molar-refractivity contribution in [3.05, 3.63) is 0 Å². The Bertz CT molecular complexity index is 203. The molecule has 0 spiro atoms. The molecule has 0 N–H and O–H groups in total. The molecule has 15 heavy (non-hydrogen) atoms. The fourth-order valence-electron chi connectivity index (χ4n) is 2.06. The van der Waals surface area contributed by atoms with E-state index in [2.05, 4.69) is 0 Å². The molecule has 0 saturated carbocycles. The summed E-state index contributed by atoms with van der Waals surface area (Å²) >= 11 is 0. The molecule has 0 amide bonds. The van der Waals surface area contributed by atoms with Crippen molar-refractivity contribution in [3.8, 4) is 0 Å². The topological polar surface area (TPSA) is 12.5 Å². The van der Waals surface area contributed by atoms with Gasteiger partial charge in [0.2, 0.25) is 0 Å². The van der Waals surface area contributed by atoms with Gasteiger partial charge in [-0.2, -0.15) is 0 Å². The van der Waals surface area contributed by atoms with Crippen LogP contribution in [0.5, 0.6) is 0 Å². The van der Waals surface area contributed by atoms with E-state index in [1.54, 1.807) is 0 Å². The number of halogens is 2. The molecule has 0 aliphatic carbocycles. The largest absolute Gasteiger partial charge is 0.365 e. The molecule has 0 aromatic rings. The zero-order valence-electron chi connectivity index (χ0n) is 9.96. The number of hydrogen-bond acceptors (Lipinski definition) is 2. The zero-order chi connectivity index (χ0) is 11.6. The third-order valence-electron chi connectivity index (χ3n) is 2.69. The van der Waals surface area contributed by atoms with Crippen LogP contribution >= 0.6 is 0 Å². The Balaban J connectivity index is 2.65. The maximum Gasteiger partial charge on any atom is 0.265 e. The van der Waals surface area contributed by atoms with Crippen LogP contribution in [0, 0.1) is 0 Å². The molecule has 1 rings (SSSR count). The molecular weight excluding hydrogens is 200 g/mol. The fraction of sp³-hybridized carbons (Fsp3) is 1.00. The van der Waals surface area contributed by atoms with E-state index in [0.29, 0.717) is 0 Å². The van der Waals surface area contributed by atoms with E-state index in [9.17, 15) is 8.78 Å². The molecule has 1 heterocycles. The normalized spacial score (nSPS) is 26.2. The van der Waals surface area contributed by atoms with Crippen LogP contribution in [0.1, 0.15) is 33.6 Å². The first-order chi connectivity index (χ1) is 6.81. The van der Waals surface area contributed by atoms with Crippen molar-refractivity contribution in [1.82, 2.24) is 4.90 Å². The summed E-state index contributed by atoms with van der Waals surface area (Å²) in [5.41, 5.74) is -0.509. The van der Waals surface area contributed by atoms with Gasteiger partial charge in [0.15, 0.2) is 0 Å². The van der Waals surface area contributed by atoms with Crippen molar-refractivity contribution in [3.63, 3.8) is 0 Å². The van der Waals surface area contributed by atoms with Crippen LogP contribution in [0.3, 0.4) is 0 Å². The molecule has 0 bridgehead atoms. The number of alkyl halides is 2. The first kappa shape index (κ1) is 12.8. The standard InChI is InChI=1S/C11H21F2NO/c1-11(2,3)15-9(10(12)13)8-6-5-7-14(8)4/h8-10H,5-7H2,1-4H3/t8?,9-/m1/s1. The van der Waals surface area contributed by atoms with E-state index < -0.39 is 18.1 Å². The molecule has 1 aliphatic heterocycles. The van der Waals surface area contributed by atoms with Crippen molar-refractivity contribution in [2.45, 2.75) is 57.8 Å². The van der Waals surface area contributed by atoms with Crippen molar-refractivity contribution in [2.24, 2.45) is 0 Å². The molecule has 1 aliphatic rings. The predicted molar refractivity (Wildman–Crippen MR) is 56.3 cm³/mol. The summed E-state index contributed by atoms with van der Waals surface area (Å²) < 4.78 is 31.3. The van der Waals surface area contributed by atoms with Crippen molar-refractivity contribution in [2.75, 3.05) is 13.6 Å². The number of ether oxygens (including phenoxy) is 1. The van der Waals surface area contributed by atoms with Crippen LogP contribution in [0.4, 0.5) is 8.78 Å². The molecule has 1 unspecified atom stereocenters. The van der Waals surface area contributed by atoms with Gasteiger partial charge >= 0.3 is 0 Å². The number of rotatable bonds is 3. The Hall–Kier alpha value is -0.220. The van der Waals surface area contributed by atoms with Gasteiger partial charge < -0.3 is 9.64 Å². The van der Waals surface area contributed by atoms with E-state index in [1.807, 2.05) is 32.7 Å². The highest BCUT2D eigenvalue weighted by Gasteiger charge is 2.38. The van der Waals surface area contributed by atoms with E-state index in [0.717, 1.165) is 19.4 Å². The number of likely N-dealkylation sites (tertiary alicyclic amines) is 1. The van der Waals surface area contributed by atoms with Gasteiger partial charge in [-0.3, -0.25) is 0 Å². The van der Waals surface area contributed by atoms with E-state index in [1.165, 1.54) is 0 Å². The number of nitrogens with zero attached hydrogens (tertiary/aromatic N) is 1. The maximum atomic E-state index is 12.9. The highest BCUT2D eigenvalue weighted by Crippen LogP contribution is 2.27. The Morgan fingerprint density at radius 1 is 1.33 bits per heavy atom. The minimum Gasteiger partial charge on any atom is -0.365 e. The first-order valence-electron chi connectivity index (χ1n) is 5.47. The summed E-state index contributed by atoms with van der Waals surface area (Å²) in [7, 11) is 1.89. The summed E-state index contributed by atoms with van der Waals surface area (Å²) in [5.74, 6) is 0. The molecule has 4 heteroatoms. The highest BCUT2D eigenvalue weighted by atomic mass is 19.3. The molecule has 1 saturated heterocycles. The molecule has 0 aromatic heterocycles. The summed E-state index contributed by atoms with van der Waals surface area (Å²) in [5, 5.41) is 0. The quantitative estimate of drug-likeness (QED) is 0.726. The smallest absolute Gasteiger partial charge is 0.265 e. The molecule has 1 fully saturated rings. The van der Waals surface area contributed by atoms with E-state index in [-0.39, 0.29) is 6.04 Å².